The molecule has 3 aliphatic rings. The maximum atomic E-state index is 12.5. The first-order chi connectivity index (χ1) is 10.7. The number of ether oxygens (including phenoxy) is 3. The van der Waals surface area contributed by atoms with Crippen LogP contribution in [0, 0.1) is 5.41 Å². The van der Waals surface area contributed by atoms with E-state index in [4.69, 9.17) is 14.2 Å². The number of piperidine rings is 1. The molecular weight excluding hydrogens is 284 g/mol. The van der Waals surface area contributed by atoms with E-state index in [1.54, 1.807) is 6.07 Å². The maximum Gasteiger partial charge on any atom is 0.321 e. The number of hydrogen-bond donors (Lipinski definition) is 1. The summed E-state index contributed by atoms with van der Waals surface area (Å²) < 4.78 is 16.2. The van der Waals surface area contributed by atoms with E-state index in [1.165, 1.54) is 0 Å². The Morgan fingerprint density at radius 2 is 2.14 bits per heavy atom. The van der Waals surface area contributed by atoms with E-state index in [2.05, 4.69) is 5.32 Å². The molecule has 0 unspecified atom stereocenters. The Labute approximate surface area is 129 Å². The van der Waals surface area contributed by atoms with Crippen molar-refractivity contribution in [1.82, 2.24) is 4.90 Å². The Hall–Kier alpha value is -1.95. The average molecular weight is 304 g/mol. The topological polar surface area (TPSA) is 60.0 Å². The van der Waals surface area contributed by atoms with Gasteiger partial charge in [0.25, 0.3) is 0 Å². The van der Waals surface area contributed by atoms with Gasteiger partial charge in [-0.2, -0.15) is 0 Å². The summed E-state index contributed by atoms with van der Waals surface area (Å²) in [5.74, 6) is 1.40. The quantitative estimate of drug-likeness (QED) is 0.866. The average Bonchev–Trinajstić information content (AvgIpc) is 3.16. The fourth-order valence-electron chi connectivity index (χ4n) is 3.53. The van der Waals surface area contributed by atoms with Crippen LogP contribution in [0.2, 0.25) is 0 Å². The van der Waals surface area contributed by atoms with Crippen molar-refractivity contribution in [2.45, 2.75) is 19.3 Å². The lowest BCUT2D eigenvalue weighted by Crippen LogP contribution is -2.48. The molecule has 0 radical (unpaired) electrons. The van der Waals surface area contributed by atoms with Gasteiger partial charge < -0.3 is 24.4 Å². The first-order valence-electron chi connectivity index (χ1n) is 7.78. The minimum Gasteiger partial charge on any atom is -0.454 e. The molecule has 1 spiro atoms. The zero-order valence-electron chi connectivity index (χ0n) is 12.5. The van der Waals surface area contributed by atoms with Crippen molar-refractivity contribution in [2.75, 3.05) is 38.4 Å². The lowest BCUT2D eigenvalue weighted by molar-refractivity contribution is 0.0867. The van der Waals surface area contributed by atoms with Gasteiger partial charge in [-0.1, -0.05) is 0 Å². The van der Waals surface area contributed by atoms with E-state index in [9.17, 15) is 4.79 Å². The Morgan fingerprint density at radius 3 is 3.00 bits per heavy atom. The van der Waals surface area contributed by atoms with Crippen LogP contribution in [-0.4, -0.2) is 44.0 Å². The van der Waals surface area contributed by atoms with Crippen LogP contribution in [0.3, 0.4) is 0 Å². The van der Waals surface area contributed by atoms with E-state index >= 15 is 0 Å². The summed E-state index contributed by atoms with van der Waals surface area (Å²) in [5, 5.41) is 2.96. The summed E-state index contributed by atoms with van der Waals surface area (Å²) in [5.41, 5.74) is 0.904. The molecule has 6 nitrogen and oxygen atoms in total. The number of nitrogens with zero attached hydrogens (tertiary/aromatic N) is 1. The second-order valence-corrected chi connectivity index (χ2v) is 6.33. The van der Waals surface area contributed by atoms with E-state index in [0.717, 1.165) is 57.0 Å². The molecule has 0 aromatic heterocycles. The number of rotatable bonds is 1. The number of benzene rings is 1. The molecule has 2 saturated heterocycles. The van der Waals surface area contributed by atoms with Crippen molar-refractivity contribution in [1.29, 1.82) is 0 Å². The molecule has 4 rings (SSSR count). The lowest BCUT2D eigenvalue weighted by atomic mass is 9.79. The largest absolute Gasteiger partial charge is 0.454 e. The molecule has 1 aromatic rings. The number of carbonyl (C=O) groups excluding carboxylic acids is 1. The molecule has 22 heavy (non-hydrogen) atoms. The van der Waals surface area contributed by atoms with Crippen LogP contribution in [-0.2, 0) is 4.74 Å². The third-order valence-corrected chi connectivity index (χ3v) is 4.76. The van der Waals surface area contributed by atoms with Gasteiger partial charge in [0.2, 0.25) is 6.79 Å². The van der Waals surface area contributed by atoms with E-state index < -0.39 is 0 Å². The van der Waals surface area contributed by atoms with Gasteiger partial charge in [0.15, 0.2) is 11.5 Å². The summed E-state index contributed by atoms with van der Waals surface area (Å²) in [4.78, 5) is 14.4. The van der Waals surface area contributed by atoms with Crippen molar-refractivity contribution < 1.29 is 19.0 Å². The number of amides is 2. The molecule has 0 saturated carbocycles. The molecule has 2 amide bonds. The van der Waals surface area contributed by atoms with Gasteiger partial charge in [0, 0.05) is 36.9 Å². The first kappa shape index (κ1) is 13.7. The highest BCUT2D eigenvalue weighted by Gasteiger charge is 2.40. The zero-order valence-corrected chi connectivity index (χ0v) is 12.5. The van der Waals surface area contributed by atoms with Gasteiger partial charge >= 0.3 is 6.03 Å². The second kappa shape index (κ2) is 5.35. The highest BCUT2D eigenvalue weighted by Crippen LogP contribution is 2.38. The summed E-state index contributed by atoms with van der Waals surface area (Å²) in [6, 6.07) is 5.41. The SMILES string of the molecule is O=C(Nc1ccc2c(c1)OCO2)N1CCC[C@]2(CCOC2)C1. The summed E-state index contributed by atoms with van der Waals surface area (Å²) in [7, 11) is 0. The van der Waals surface area contributed by atoms with Crippen molar-refractivity contribution in [3.05, 3.63) is 18.2 Å². The monoisotopic (exact) mass is 304 g/mol. The number of likely N-dealkylation sites (tertiary alicyclic amines) is 1. The van der Waals surface area contributed by atoms with E-state index in [1.807, 2.05) is 17.0 Å². The molecule has 6 heteroatoms. The molecule has 1 N–H and O–H groups in total. The summed E-state index contributed by atoms with van der Waals surface area (Å²) in [6.07, 6.45) is 3.25. The predicted molar refractivity (Wildman–Crippen MR) is 80.3 cm³/mol. The van der Waals surface area contributed by atoms with E-state index in [0.29, 0.717) is 5.75 Å². The van der Waals surface area contributed by atoms with Gasteiger partial charge in [0.1, 0.15) is 0 Å². The number of carbonyl (C=O) groups is 1. The number of nitrogens with one attached hydrogen (secondary N) is 1. The normalized spacial score (nSPS) is 26.5. The molecule has 1 aromatic carbocycles. The Kier molecular flexibility index (Phi) is 3.33. The molecule has 118 valence electrons. The standard InChI is InChI=1S/C16H20N2O4/c19-15(17-12-2-3-13-14(8-12)22-11-21-13)18-6-1-4-16(9-18)5-7-20-10-16/h2-3,8H,1,4-7,9-11H2,(H,17,19)/t16-/m0/s1. The van der Waals surface area contributed by atoms with Crippen LogP contribution >= 0.6 is 0 Å². The first-order valence-corrected chi connectivity index (χ1v) is 7.78. The van der Waals surface area contributed by atoms with Gasteiger partial charge in [-0.05, 0) is 31.4 Å². The molecular formula is C16H20N2O4. The molecule has 3 aliphatic heterocycles. The highest BCUT2D eigenvalue weighted by molar-refractivity contribution is 5.89. The van der Waals surface area contributed by atoms with Gasteiger partial charge in [-0.25, -0.2) is 4.79 Å². The van der Waals surface area contributed by atoms with Gasteiger partial charge in [-0.3, -0.25) is 0 Å². The molecule has 0 aliphatic carbocycles. The number of hydrogen-bond acceptors (Lipinski definition) is 4. The third-order valence-electron chi connectivity index (χ3n) is 4.76. The van der Waals surface area contributed by atoms with Crippen molar-refractivity contribution in [2.24, 2.45) is 5.41 Å². The van der Waals surface area contributed by atoms with Crippen LogP contribution in [0.25, 0.3) is 0 Å². The molecule has 1 atom stereocenters. The third kappa shape index (κ3) is 2.47. The maximum absolute atomic E-state index is 12.5. The second-order valence-electron chi connectivity index (χ2n) is 6.33. The lowest BCUT2D eigenvalue weighted by Gasteiger charge is -2.39. The molecule has 3 heterocycles. The fraction of sp³-hybridized carbons (Fsp3) is 0.562. The minimum absolute atomic E-state index is 0.0511. The minimum atomic E-state index is -0.0511. The van der Waals surface area contributed by atoms with Crippen molar-refractivity contribution >= 4 is 11.7 Å². The number of anilines is 1. The van der Waals surface area contributed by atoms with Gasteiger partial charge in [0.05, 0.1) is 6.61 Å². The van der Waals surface area contributed by atoms with Crippen LogP contribution in [0.1, 0.15) is 19.3 Å². The van der Waals surface area contributed by atoms with Crippen LogP contribution in [0.4, 0.5) is 10.5 Å². The van der Waals surface area contributed by atoms with E-state index in [-0.39, 0.29) is 18.2 Å². The smallest absolute Gasteiger partial charge is 0.321 e. The predicted octanol–water partition coefficient (Wildman–Crippen LogP) is 2.45. The zero-order chi connectivity index (χ0) is 15.0. The summed E-state index contributed by atoms with van der Waals surface area (Å²) >= 11 is 0. The summed E-state index contributed by atoms with van der Waals surface area (Å²) in [6.45, 7) is 3.42. The van der Waals surface area contributed by atoms with Crippen molar-refractivity contribution in [3.8, 4) is 11.5 Å². The van der Waals surface area contributed by atoms with Crippen molar-refractivity contribution in [3.63, 3.8) is 0 Å². The Bertz CT molecular complexity index is 584. The van der Waals surface area contributed by atoms with Crippen LogP contribution < -0.4 is 14.8 Å². The highest BCUT2D eigenvalue weighted by atomic mass is 16.7. The number of fused-ring (bicyclic) bond motifs is 1. The molecule has 2 fully saturated rings. The van der Waals surface area contributed by atoms with Gasteiger partial charge in [-0.15, -0.1) is 0 Å². The Morgan fingerprint density at radius 1 is 1.23 bits per heavy atom. The van der Waals surface area contributed by atoms with Crippen LogP contribution in [0.5, 0.6) is 11.5 Å². The number of urea groups is 1. The molecule has 0 bridgehead atoms. The fourth-order valence-corrected chi connectivity index (χ4v) is 3.53. The van der Waals surface area contributed by atoms with Crippen LogP contribution in [0.15, 0.2) is 18.2 Å². The Balaban J connectivity index is 1.43.